The first-order chi connectivity index (χ1) is 6.18. The van der Waals surface area contributed by atoms with Gasteiger partial charge in [-0.1, -0.05) is 0 Å². The summed E-state index contributed by atoms with van der Waals surface area (Å²) < 4.78 is 0. The molecule has 1 atom stereocenters. The molecule has 0 spiro atoms. The van der Waals surface area contributed by atoms with Crippen LogP contribution in [0.5, 0.6) is 0 Å². The van der Waals surface area contributed by atoms with E-state index < -0.39 is 6.04 Å². The van der Waals surface area contributed by atoms with Gasteiger partial charge in [0.15, 0.2) is 0 Å². The maximum absolute atomic E-state index is 10.9. The van der Waals surface area contributed by atoms with Gasteiger partial charge >= 0.3 is 0 Å². The Morgan fingerprint density at radius 1 is 1.62 bits per heavy atom. The summed E-state index contributed by atoms with van der Waals surface area (Å²) in [6.07, 6.45) is 0.811. The lowest BCUT2D eigenvalue weighted by molar-refractivity contribution is -0.121. The minimum Gasteiger partial charge on any atom is -0.396 e. The summed E-state index contributed by atoms with van der Waals surface area (Å²) >= 11 is 1.72. The topological polar surface area (TPSA) is 75.4 Å². The highest BCUT2D eigenvalue weighted by atomic mass is 32.2. The fourth-order valence-electron chi connectivity index (χ4n) is 0.676. The van der Waals surface area contributed by atoms with Crippen LogP contribution >= 0.6 is 11.8 Å². The van der Waals surface area contributed by atoms with E-state index in [9.17, 15) is 4.79 Å². The molecule has 4 nitrogen and oxygen atoms in total. The van der Waals surface area contributed by atoms with Crippen LogP contribution in [0.1, 0.15) is 13.3 Å². The highest BCUT2D eigenvalue weighted by Gasteiger charge is 2.04. The Morgan fingerprint density at radius 3 is 2.85 bits per heavy atom. The molecule has 0 radical (unpaired) electrons. The van der Waals surface area contributed by atoms with Gasteiger partial charge in [-0.25, -0.2) is 0 Å². The van der Waals surface area contributed by atoms with Crippen molar-refractivity contribution < 1.29 is 9.90 Å². The van der Waals surface area contributed by atoms with Crippen molar-refractivity contribution in [1.29, 1.82) is 0 Å². The van der Waals surface area contributed by atoms with Gasteiger partial charge in [-0.2, -0.15) is 11.8 Å². The lowest BCUT2D eigenvalue weighted by atomic mass is 10.3. The molecule has 0 bridgehead atoms. The summed E-state index contributed by atoms with van der Waals surface area (Å²) in [4.78, 5) is 10.9. The molecule has 5 heteroatoms. The quantitative estimate of drug-likeness (QED) is 0.494. The van der Waals surface area contributed by atoms with Crippen molar-refractivity contribution in [2.24, 2.45) is 5.73 Å². The molecule has 4 N–H and O–H groups in total. The van der Waals surface area contributed by atoms with Gasteiger partial charge in [0.05, 0.1) is 6.04 Å². The Labute approximate surface area is 83.3 Å². The molecule has 0 aromatic rings. The zero-order valence-corrected chi connectivity index (χ0v) is 8.77. The summed E-state index contributed by atoms with van der Waals surface area (Å²) in [5, 5.41) is 11.2. The second kappa shape index (κ2) is 8.34. The van der Waals surface area contributed by atoms with E-state index in [0.717, 1.165) is 17.9 Å². The van der Waals surface area contributed by atoms with E-state index in [1.54, 1.807) is 18.7 Å². The van der Waals surface area contributed by atoms with Crippen molar-refractivity contribution in [1.82, 2.24) is 5.32 Å². The van der Waals surface area contributed by atoms with Crippen molar-refractivity contribution in [2.45, 2.75) is 19.4 Å². The Morgan fingerprint density at radius 2 is 2.31 bits per heavy atom. The summed E-state index contributed by atoms with van der Waals surface area (Å²) in [5.41, 5.74) is 5.35. The van der Waals surface area contributed by atoms with Gasteiger partial charge in [-0.05, 0) is 19.1 Å². The van der Waals surface area contributed by atoms with Gasteiger partial charge in [0.1, 0.15) is 0 Å². The highest BCUT2D eigenvalue weighted by molar-refractivity contribution is 7.99. The van der Waals surface area contributed by atoms with E-state index >= 15 is 0 Å². The molecule has 0 saturated heterocycles. The van der Waals surface area contributed by atoms with E-state index in [1.165, 1.54) is 0 Å². The molecule has 0 aliphatic heterocycles. The van der Waals surface area contributed by atoms with Crippen LogP contribution in [0.25, 0.3) is 0 Å². The van der Waals surface area contributed by atoms with Crippen molar-refractivity contribution in [2.75, 3.05) is 24.7 Å². The van der Waals surface area contributed by atoms with E-state index in [2.05, 4.69) is 5.32 Å². The second-order valence-corrected chi connectivity index (χ2v) is 3.99. The normalized spacial score (nSPS) is 12.5. The van der Waals surface area contributed by atoms with Crippen molar-refractivity contribution in [3.8, 4) is 0 Å². The molecule has 1 unspecified atom stereocenters. The molecule has 0 aliphatic carbocycles. The third-order valence-corrected chi connectivity index (χ3v) is 2.48. The van der Waals surface area contributed by atoms with Crippen LogP contribution in [0.3, 0.4) is 0 Å². The van der Waals surface area contributed by atoms with Crippen molar-refractivity contribution >= 4 is 17.7 Å². The summed E-state index contributed by atoms with van der Waals surface area (Å²) in [7, 11) is 0. The second-order valence-electron chi connectivity index (χ2n) is 2.77. The number of hydrogen-bond acceptors (Lipinski definition) is 4. The number of carbonyl (C=O) groups is 1. The first-order valence-electron chi connectivity index (χ1n) is 4.40. The number of nitrogens with two attached hydrogens (primary N) is 1. The number of thioether (sulfide) groups is 1. The molecule has 0 aliphatic rings. The van der Waals surface area contributed by atoms with Crippen molar-refractivity contribution in [3.05, 3.63) is 0 Å². The molecule has 0 heterocycles. The monoisotopic (exact) mass is 206 g/mol. The largest absolute Gasteiger partial charge is 0.396 e. The lowest BCUT2D eigenvalue weighted by Gasteiger charge is -2.06. The third kappa shape index (κ3) is 8.08. The average molecular weight is 206 g/mol. The molecule has 0 aromatic carbocycles. The zero-order valence-electron chi connectivity index (χ0n) is 7.95. The van der Waals surface area contributed by atoms with Crippen LogP contribution in [-0.4, -0.2) is 41.7 Å². The SMILES string of the molecule is CC(N)C(=O)NCCSCCCO. The van der Waals surface area contributed by atoms with E-state index in [-0.39, 0.29) is 12.5 Å². The Bertz CT molecular complexity index is 142. The predicted molar refractivity (Wildman–Crippen MR) is 55.7 cm³/mol. The van der Waals surface area contributed by atoms with Gasteiger partial charge in [0, 0.05) is 18.9 Å². The molecular formula is C8H18N2O2S. The van der Waals surface area contributed by atoms with Gasteiger partial charge in [0.25, 0.3) is 0 Å². The Balaban J connectivity index is 3.12. The molecule has 0 saturated carbocycles. The smallest absolute Gasteiger partial charge is 0.236 e. The van der Waals surface area contributed by atoms with Gasteiger partial charge < -0.3 is 16.2 Å². The fraction of sp³-hybridized carbons (Fsp3) is 0.875. The third-order valence-electron chi connectivity index (χ3n) is 1.41. The lowest BCUT2D eigenvalue weighted by Crippen LogP contribution is -2.39. The fourth-order valence-corrected chi connectivity index (χ4v) is 1.46. The number of rotatable bonds is 7. The van der Waals surface area contributed by atoms with Crippen LogP contribution in [0, 0.1) is 0 Å². The standard InChI is InChI=1S/C8H18N2O2S/c1-7(9)8(12)10-3-6-13-5-2-4-11/h7,11H,2-6,9H2,1H3,(H,10,12). The summed E-state index contributed by atoms with van der Waals surface area (Å²) in [5.74, 6) is 1.70. The molecule has 0 fully saturated rings. The first kappa shape index (κ1) is 12.7. The maximum atomic E-state index is 10.9. The molecule has 13 heavy (non-hydrogen) atoms. The van der Waals surface area contributed by atoms with Crippen LogP contribution < -0.4 is 11.1 Å². The molecular weight excluding hydrogens is 188 g/mol. The van der Waals surface area contributed by atoms with E-state index in [1.807, 2.05) is 0 Å². The van der Waals surface area contributed by atoms with Crippen LogP contribution in [0.15, 0.2) is 0 Å². The van der Waals surface area contributed by atoms with Crippen LogP contribution in [-0.2, 0) is 4.79 Å². The zero-order chi connectivity index (χ0) is 10.1. The number of hydrogen-bond donors (Lipinski definition) is 3. The predicted octanol–water partition coefficient (Wildman–Crippen LogP) is -0.435. The molecule has 0 aromatic heterocycles. The number of nitrogens with one attached hydrogen (secondary N) is 1. The molecule has 78 valence electrons. The number of aliphatic hydroxyl groups is 1. The highest BCUT2D eigenvalue weighted by Crippen LogP contribution is 1.99. The molecule has 1 amide bonds. The Kier molecular flexibility index (Phi) is 8.18. The van der Waals surface area contributed by atoms with Gasteiger partial charge in [0.2, 0.25) is 5.91 Å². The number of amides is 1. The van der Waals surface area contributed by atoms with E-state index in [0.29, 0.717) is 6.54 Å². The Hall–Kier alpha value is -0.260. The van der Waals surface area contributed by atoms with E-state index in [4.69, 9.17) is 10.8 Å². The van der Waals surface area contributed by atoms with Crippen molar-refractivity contribution in [3.63, 3.8) is 0 Å². The van der Waals surface area contributed by atoms with Crippen LogP contribution in [0.4, 0.5) is 0 Å². The van der Waals surface area contributed by atoms with Gasteiger partial charge in [-0.15, -0.1) is 0 Å². The molecule has 0 rings (SSSR count). The van der Waals surface area contributed by atoms with Gasteiger partial charge in [-0.3, -0.25) is 4.79 Å². The maximum Gasteiger partial charge on any atom is 0.236 e. The summed E-state index contributed by atoms with van der Waals surface area (Å²) in [6.45, 7) is 2.55. The minimum absolute atomic E-state index is 0.109. The average Bonchev–Trinajstić information content (AvgIpc) is 2.10. The van der Waals surface area contributed by atoms with Crippen LogP contribution in [0.2, 0.25) is 0 Å². The minimum atomic E-state index is -0.428. The number of aliphatic hydroxyl groups excluding tert-OH is 1. The first-order valence-corrected chi connectivity index (χ1v) is 5.56. The summed E-state index contributed by atoms with van der Waals surface area (Å²) in [6, 6.07) is -0.428. The number of carbonyl (C=O) groups excluding carboxylic acids is 1.